The lowest BCUT2D eigenvalue weighted by Crippen LogP contribution is -2.35. The lowest BCUT2D eigenvalue weighted by Gasteiger charge is -2.25. The third kappa shape index (κ3) is 4.88. The number of esters is 1. The Labute approximate surface area is 127 Å². The van der Waals surface area contributed by atoms with E-state index in [1.54, 1.807) is 12.1 Å². The van der Waals surface area contributed by atoms with Crippen molar-refractivity contribution >= 4 is 11.9 Å². The standard InChI is InChI=1S/C17H25NO3/c1-5-11-18(16(19)13(3)6-2)12-14-7-9-15(10-8-14)17(20)21-4/h7-10,13H,5-6,11-12H2,1-4H3. The van der Waals surface area contributed by atoms with E-state index in [2.05, 4.69) is 11.7 Å². The van der Waals surface area contributed by atoms with E-state index in [1.807, 2.05) is 30.9 Å². The quantitative estimate of drug-likeness (QED) is 0.724. The van der Waals surface area contributed by atoms with Crippen LogP contribution in [0.1, 0.15) is 49.5 Å². The van der Waals surface area contributed by atoms with Gasteiger partial charge in [0.15, 0.2) is 0 Å². The molecule has 0 saturated heterocycles. The van der Waals surface area contributed by atoms with Gasteiger partial charge < -0.3 is 9.64 Å². The summed E-state index contributed by atoms with van der Waals surface area (Å²) in [6, 6.07) is 7.22. The lowest BCUT2D eigenvalue weighted by molar-refractivity contribution is -0.135. The average molecular weight is 291 g/mol. The van der Waals surface area contributed by atoms with Gasteiger partial charge in [-0.2, -0.15) is 0 Å². The van der Waals surface area contributed by atoms with Crippen LogP contribution >= 0.6 is 0 Å². The highest BCUT2D eigenvalue weighted by Gasteiger charge is 2.18. The van der Waals surface area contributed by atoms with Gasteiger partial charge in [0.05, 0.1) is 12.7 Å². The molecular weight excluding hydrogens is 266 g/mol. The molecule has 1 atom stereocenters. The van der Waals surface area contributed by atoms with E-state index in [9.17, 15) is 9.59 Å². The molecule has 4 heteroatoms. The zero-order chi connectivity index (χ0) is 15.8. The van der Waals surface area contributed by atoms with Crippen molar-refractivity contribution in [1.82, 2.24) is 4.90 Å². The number of methoxy groups -OCH3 is 1. The Kier molecular flexibility index (Phi) is 6.92. The maximum atomic E-state index is 12.3. The van der Waals surface area contributed by atoms with Gasteiger partial charge in [0, 0.05) is 19.0 Å². The summed E-state index contributed by atoms with van der Waals surface area (Å²) < 4.78 is 4.68. The van der Waals surface area contributed by atoms with Crippen molar-refractivity contribution < 1.29 is 14.3 Å². The van der Waals surface area contributed by atoms with E-state index in [1.165, 1.54) is 7.11 Å². The van der Waals surface area contributed by atoms with Gasteiger partial charge in [-0.1, -0.05) is 32.9 Å². The smallest absolute Gasteiger partial charge is 0.337 e. The van der Waals surface area contributed by atoms with Crippen LogP contribution in [0.3, 0.4) is 0 Å². The molecule has 1 unspecified atom stereocenters. The Hall–Kier alpha value is -1.84. The largest absolute Gasteiger partial charge is 0.465 e. The molecule has 0 heterocycles. The molecule has 0 radical (unpaired) electrons. The van der Waals surface area contributed by atoms with Gasteiger partial charge in [-0.25, -0.2) is 4.79 Å². The summed E-state index contributed by atoms with van der Waals surface area (Å²) in [6.07, 6.45) is 1.78. The second-order valence-electron chi connectivity index (χ2n) is 5.26. The number of hydrogen-bond donors (Lipinski definition) is 0. The van der Waals surface area contributed by atoms with Gasteiger partial charge >= 0.3 is 5.97 Å². The van der Waals surface area contributed by atoms with Crippen LogP contribution in [-0.4, -0.2) is 30.4 Å². The minimum Gasteiger partial charge on any atom is -0.465 e. The number of hydrogen-bond acceptors (Lipinski definition) is 3. The molecule has 0 N–H and O–H groups in total. The number of carbonyl (C=O) groups is 2. The Morgan fingerprint density at radius 3 is 2.29 bits per heavy atom. The normalized spacial score (nSPS) is 11.8. The van der Waals surface area contributed by atoms with Crippen LogP contribution in [0.25, 0.3) is 0 Å². The zero-order valence-electron chi connectivity index (χ0n) is 13.4. The van der Waals surface area contributed by atoms with Gasteiger partial charge in [-0.05, 0) is 30.5 Å². The van der Waals surface area contributed by atoms with Gasteiger partial charge in [0.25, 0.3) is 0 Å². The van der Waals surface area contributed by atoms with E-state index >= 15 is 0 Å². The van der Waals surface area contributed by atoms with Crippen LogP contribution in [0, 0.1) is 5.92 Å². The van der Waals surface area contributed by atoms with Gasteiger partial charge in [0.2, 0.25) is 5.91 Å². The summed E-state index contributed by atoms with van der Waals surface area (Å²) in [5, 5.41) is 0. The molecule has 0 aliphatic rings. The first-order valence-corrected chi connectivity index (χ1v) is 7.49. The Bertz CT molecular complexity index is 467. The monoisotopic (exact) mass is 291 g/mol. The van der Waals surface area contributed by atoms with E-state index in [0.717, 1.165) is 24.9 Å². The molecular formula is C17H25NO3. The molecule has 1 aromatic carbocycles. The lowest BCUT2D eigenvalue weighted by atomic mass is 10.1. The molecule has 0 spiro atoms. The summed E-state index contributed by atoms with van der Waals surface area (Å²) in [5.74, 6) is -0.107. The van der Waals surface area contributed by atoms with E-state index in [0.29, 0.717) is 12.1 Å². The first-order valence-electron chi connectivity index (χ1n) is 7.49. The number of carbonyl (C=O) groups excluding carboxylic acids is 2. The molecule has 1 aromatic rings. The number of ether oxygens (including phenoxy) is 1. The molecule has 0 bridgehead atoms. The Morgan fingerprint density at radius 1 is 1.19 bits per heavy atom. The van der Waals surface area contributed by atoms with Crippen LogP contribution in [-0.2, 0) is 16.1 Å². The maximum Gasteiger partial charge on any atom is 0.337 e. The highest BCUT2D eigenvalue weighted by molar-refractivity contribution is 5.89. The highest BCUT2D eigenvalue weighted by Crippen LogP contribution is 2.13. The minimum absolute atomic E-state index is 0.0471. The molecule has 0 aromatic heterocycles. The fraction of sp³-hybridized carbons (Fsp3) is 0.529. The van der Waals surface area contributed by atoms with E-state index in [-0.39, 0.29) is 17.8 Å². The first-order chi connectivity index (χ1) is 10.0. The highest BCUT2D eigenvalue weighted by atomic mass is 16.5. The molecule has 0 aliphatic heterocycles. The molecule has 1 rings (SSSR count). The summed E-state index contributed by atoms with van der Waals surface area (Å²) in [5.41, 5.74) is 1.55. The number of rotatable bonds is 7. The molecule has 0 saturated carbocycles. The van der Waals surface area contributed by atoms with Crippen molar-refractivity contribution in [2.75, 3.05) is 13.7 Å². The summed E-state index contributed by atoms with van der Waals surface area (Å²) in [6.45, 7) is 7.39. The molecule has 0 fully saturated rings. The summed E-state index contributed by atoms with van der Waals surface area (Å²) in [7, 11) is 1.37. The fourth-order valence-electron chi connectivity index (χ4n) is 2.11. The average Bonchev–Trinajstić information content (AvgIpc) is 2.52. The molecule has 1 amide bonds. The van der Waals surface area contributed by atoms with Crippen LogP contribution in [0.15, 0.2) is 24.3 Å². The van der Waals surface area contributed by atoms with Crippen LogP contribution in [0.2, 0.25) is 0 Å². The molecule has 4 nitrogen and oxygen atoms in total. The molecule has 116 valence electrons. The van der Waals surface area contributed by atoms with Crippen molar-refractivity contribution in [3.63, 3.8) is 0 Å². The number of nitrogens with zero attached hydrogens (tertiary/aromatic N) is 1. The SMILES string of the molecule is CCCN(Cc1ccc(C(=O)OC)cc1)C(=O)C(C)CC. The van der Waals surface area contributed by atoms with Crippen molar-refractivity contribution in [3.8, 4) is 0 Å². The fourth-order valence-corrected chi connectivity index (χ4v) is 2.11. The zero-order valence-corrected chi connectivity index (χ0v) is 13.4. The summed E-state index contributed by atoms with van der Waals surface area (Å²) >= 11 is 0. The predicted octanol–water partition coefficient (Wildman–Crippen LogP) is 3.26. The third-order valence-electron chi connectivity index (χ3n) is 3.59. The van der Waals surface area contributed by atoms with Crippen molar-refractivity contribution in [3.05, 3.63) is 35.4 Å². The van der Waals surface area contributed by atoms with Crippen molar-refractivity contribution in [2.24, 2.45) is 5.92 Å². The molecule has 21 heavy (non-hydrogen) atoms. The first kappa shape index (κ1) is 17.2. The van der Waals surface area contributed by atoms with Crippen LogP contribution in [0.5, 0.6) is 0 Å². The second-order valence-corrected chi connectivity index (χ2v) is 5.26. The topological polar surface area (TPSA) is 46.6 Å². The summed E-state index contributed by atoms with van der Waals surface area (Å²) in [4.78, 5) is 25.6. The maximum absolute atomic E-state index is 12.3. The van der Waals surface area contributed by atoms with Gasteiger partial charge in [0.1, 0.15) is 0 Å². The van der Waals surface area contributed by atoms with Crippen molar-refractivity contribution in [1.29, 1.82) is 0 Å². The number of amides is 1. The third-order valence-corrected chi connectivity index (χ3v) is 3.59. The van der Waals surface area contributed by atoms with E-state index in [4.69, 9.17) is 0 Å². The van der Waals surface area contributed by atoms with Crippen LogP contribution in [0.4, 0.5) is 0 Å². The number of benzene rings is 1. The van der Waals surface area contributed by atoms with Gasteiger partial charge in [-0.3, -0.25) is 4.79 Å². The predicted molar refractivity (Wildman–Crippen MR) is 82.9 cm³/mol. The molecule has 0 aliphatic carbocycles. The Balaban J connectivity index is 2.79. The van der Waals surface area contributed by atoms with Crippen molar-refractivity contribution in [2.45, 2.75) is 40.2 Å². The van der Waals surface area contributed by atoms with Crippen LogP contribution < -0.4 is 0 Å². The second kappa shape index (κ2) is 8.45. The Morgan fingerprint density at radius 2 is 1.81 bits per heavy atom. The van der Waals surface area contributed by atoms with E-state index < -0.39 is 0 Å². The van der Waals surface area contributed by atoms with Gasteiger partial charge in [-0.15, -0.1) is 0 Å². The minimum atomic E-state index is -0.345.